The summed E-state index contributed by atoms with van der Waals surface area (Å²) in [7, 11) is 1.78. The van der Waals surface area contributed by atoms with Crippen molar-refractivity contribution in [3.63, 3.8) is 0 Å². The number of hydrogen-bond acceptors (Lipinski definition) is 4. The van der Waals surface area contributed by atoms with E-state index in [1.165, 1.54) is 12.1 Å². The lowest BCUT2D eigenvalue weighted by molar-refractivity contribution is -0.137. The molecule has 0 aliphatic heterocycles. The number of alkyl halides is 3. The SMILES string of the molecule is Cn1cc2c3cc(C(=O)NCCc4nncn4C4CC4)ccc3n(-c3ccc(C(F)(F)F)cc3)c2n1. The minimum Gasteiger partial charge on any atom is -0.352 e. The van der Waals surface area contributed by atoms with E-state index in [0.717, 1.165) is 47.1 Å². The molecule has 0 bridgehead atoms. The summed E-state index contributed by atoms with van der Waals surface area (Å²) in [5.74, 6) is 0.646. The average Bonchev–Trinajstić information content (AvgIpc) is 3.35. The molecule has 1 amide bonds. The van der Waals surface area contributed by atoms with Crippen molar-refractivity contribution in [1.82, 2.24) is 34.4 Å². The molecule has 0 saturated heterocycles. The maximum Gasteiger partial charge on any atom is 0.416 e. The molecule has 0 unspecified atom stereocenters. The van der Waals surface area contributed by atoms with E-state index in [1.807, 2.05) is 6.20 Å². The van der Waals surface area contributed by atoms with Crippen molar-refractivity contribution in [3.05, 3.63) is 71.9 Å². The van der Waals surface area contributed by atoms with Crippen LogP contribution >= 0.6 is 0 Å². The van der Waals surface area contributed by atoms with Gasteiger partial charge in [-0.2, -0.15) is 18.3 Å². The maximum absolute atomic E-state index is 13.0. The van der Waals surface area contributed by atoms with Crippen molar-refractivity contribution in [2.75, 3.05) is 6.54 Å². The Morgan fingerprint density at radius 1 is 1.11 bits per heavy atom. The van der Waals surface area contributed by atoms with Crippen LogP contribution in [0, 0.1) is 0 Å². The molecule has 1 fully saturated rings. The van der Waals surface area contributed by atoms with Gasteiger partial charge in [-0.1, -0.05) is 0 Å². The van der Waals surface area contributed by atoms with Gasteiger partial charge in [0.15, 0.2) is 5.65 Å². The second-order valence-electron chi connectivity index (χ2n) is 9.04. The third kappa shape index (κ3) is 3.90. The molecule has 1 aliphatic carbocycles. The topological polar surface area (TPSA) is 82.6 Å². The van der Waals surface area contributed by atoms with E-state index in [4.69, 9.17) is 0 Å². The summed E-state index contributed by atoms with van der Waals surface area (Å²) < 4.78 is 44.7. The van der Waals surface area contributed by atoms with Gasteiger partial charge in [-0.25, -0.2) is 0 Å². The van der Waals surface area contributed by atoms with Crippen LogP contribution in [0.5, 0.6) is 0 Å². The maximum atomic E-state index is 13.0. The number of carbonyl (C=O) groups excluding carboxylic acids is 1. The van der Waals surface area contributed by atoms with Gasteiger partial charge in [-0.15, -0.1) is 10.2 Å². The highest BCUT2D eigenvalue weighted by molar-refractivity contribution is 6.10. The van der Waals surface area contributed by atoms with Crippen LogP contribution in [0.25, 0.3) is 27.6 Å². The first-order chi connectivity index (χ1) is 17.3. The highest BCUT2D eigenvalue weighted by Gasteiger charge is 2.30. The summed E-state index contributed by atoms with van der Waals surface area (Å²) >= 11 is 0. The number of aryl methyl sites for hydroxylation is 1. The van der Waals surface area contributed by atoms with Crippen molar-refractivity contribution < 1.29 is 18.0 Å². The van der Waals surface area contributed by atoms with Crippen LogP contribution in [-0.4, -0.2) is 41.6 Å². The first kappa shape index (κ1) is 22.3. The average molecular weight is 493 g/mol. The molecule has 8 nitrogen and oxygen atoms in total. The van der Waals surface area contributed by atoms with Crippen LogP contribution in [0.4, 0.5) is 13.2 Å². The zero-order valence-electron chi connectivity index (χ0n) is 19.3. The summed E-state index contributed by atoms with van der Waals surface area (Å²) in [6.07, 6.45) is 2.02. The molecule has 11 heteroatoms. The number of fused-ring (bicyclic) bond motifs is 3. The van der Waals surface area contributed by atoms with E-state index < -0.39 is 11.7 Å². The Labute approximate surface area is 203 Å². The molecule has 0 spiro atoms. The van der Waals surface area contributed by atoms with Gasteiger partial charge < -0.3 is 9.88 Å². The van der Waals surface area contributed by atoms with Gasteiger partial charge in [0.1, 0.15) is 12.2 Å². The number of hydrogen-bond donors (Lipinski definition) is 1. The van der Waals surface area contributed by atoms with E-state index >= 15 is 0 Å². The Morgan fingerprint density at radius 3 is 2.61 bits per heavy atom. The molecule has 0 atom stereocenters. The second kappa shape index (κ2) is 8.21. The molecule has 3 heterocycles. The summed E-state index contributed by atoms with van der Waals surface area (Å²) in [4.78, 5) is 12.9. The summed E-state index contributed by atoms with van der Waals surface area (Å²) in [6, 6.07) is 10.8. The van der Waals surface area contributed by atoms with Crippen molar-refractivity contribution in [2.24, 2.45) is 7.05 Å². The Balaban J connectivity index is 1.29. The van der Waals surface area contributed by atoms with Gasteiger partial charge in [0.25, 0.3) is 5.91 Å². The smallest absolute Gasteiger partial charge is 0.352 e. The van der Waals surface area contributed by atoms with Crippen molar-refractivity contribution in [1.29, 1.82) is 0 Å². The summed E-state index contributed by atoms with van der Waals surface area (Å²) in [6.45, 7) is 0.428. The third-order valence-corrected chi connectivity index (χ3v) is 6.49. The van der Waals surface area contributed by atoms with Crippen molar-refractivity contribution >= 4 is 27.8 Å². The number of halogens is 3. The van der Waals surface area contributed by atoms with Gasteiger partial charge in [0.05, 0.1) is 11.1 Å². The van der Waals surface area contributed by atoms with Gasteiger partial charge in [-0.05, 0) is 55.3 Å². The fourth-order valence-electron chi connectivity index (χ4n) is 4.59. The van der Waals surface area contributed by atoms with E-state index in [-0.39, 0.29) is 5.91 Å². The fourth-order valence-corrected chi connectivity index (χ4v) is 4.59. The van der Waals surface area contributed by atoms with Crippen LogP contribution in [0.2, 0.25) is 0 Å². The Morgan fingerprint density at radius 2 is 1.89 bits per heavy atom. The molecule has 36 heavy (non-hydrogen) atoms. The first-order valence-corrected chi connectivity index (χ1v) is 11.6. The quantitative estimate of drug-likeness (QED) is 0.379. The fraction of sp³-hybridized carbons (Fsp3) is 0.280. The second-order valence-corrected chi connectivity index (χ2v) is 9.04. The van der Waals surface area contributed by atoms with E-state index in [0.29, 0.717) is 35.9 Å². The summed E-state index contributed by atoms with van der Waals surface area (Å²) in [5.41, 5.74) is 1.68. The largest absolute Gasteiger partial charge is 0.416 e. The third-order valence-electron chi connectivity index (χ3n) is 6.49. The van der Waals surface area contributed by atoms with Gasteiger partial charge in [0.2, 0.25) is 0 Å². The number of nitrogens with zero attached hydrogens (tertiary/aromatic N) is 6. The first-order valence-electron chi connectivity index (χ1n) is 11.6. The molecule has 0 radical (unpaired) electrons. The van der Waals surface area contributed by atoms with Crippen LogP contribution in [0.1, 0.15) is 40.6 Å². The molecule has 6 rings (SSSR count). The number of rotatable bonds is 6. The lowest BCUT2D eigenvalue weighted by Gasteiger charge is -2.10. The van der Waals surface area contributed by atoms with Gasteiger partial charge in [-0.3, -0.25) is 14.0 Å². The Kier molecular flexibility index (Phi) is 5.09. The lowest BCUT2D eigenvalue weighted by atomic mass is 10.1. The zero-order valence-corrected chi connectivity index (χ0v) is 19.3. The number of aromatic nitrogens is 6. The molecule has 184 valence electrons. The lowest BCUT2D eigenvalue weighted by Crippen LogP contribution is -2.26. The highest BCUT2D eigenvalue weighted by atomic mass is 19.4. The molecular formula is C25H22F3N7O. The Bertz CT molecular complexity index is 1590. The van der Waals surface area contributed by atoms with Crippen LogP contribution < -0.4 is 5.32 Å². The molecule has 1 N–H and O–H groups in total. The predicted molar refractivity (Wildman–Crippen MR) is 127 cm³/mol. The minimum absolute atomic E-state index is 0.214. The van der Waals surface area contributed by atoms with Crippen molar-refractivity contribution in [2.45, 2.75) is 31.5 Å². The molecular weight excluding hydrogens is 471 g/mol. The van der Waals surface area contributed by atoms with Gasteiger partial charge >= 0.3 is 6.18 Å². The van der Waals surface area contributed by atoms with E-state index in [2.05, 4.69) is 25.2 Å². The number of amides is 1. The number of nitrogens with one attached hydrogen (secondary N) is 1. The highest BCUT2D eigenvalue weighted by Crippen LogP contribution is 2.36. The molecule has 1 saturated carbocycles. The van der Waals surface area contributed by atoms with E-state index in [1.54, 1.807) is 40.8 Å². The molecule has 5 aromatic rings. The normalized spacial score (nSPS) is 14.1. The number of benzene rings is 2. The number of carbonyl (C=O) groups is 1. The minimum atomic E-state index is -4.41. The monoisotopic (exact) mass is 493 g/mol. The standard InChI is InChI=1S/C25H22F3N7O/c1-33-13-20-19-12-15(24(36)29-11-10-22-31-30-14-34(22)17-7-8-17)2-9-21(19)35(23(20)32-33)18-5-3-16(4-6-18)25(26,27)28/h2-6,9,12-14,17H,7-8,10-11H2,1H3,(H,29,36). The van der Waals surface area contributed by atoms with Gasteiger partial charge in [0, 0.05) is 54.3 Å². The predicted octanol–water partition coefficient (Wildman–Crippen LogP) is 4.43. The Hall–Kier alpha value is -4.15. The molecule has 2 aromatic carbocycles. The van der Waals surface area contributed by atoms with E-state index in [9.17, 15) is 18.0 Å². The zero-order chi connectivity index (χ0) is 25.0. The van der Waals surface area contributed by atoms with Crippen LogP contribution in [0.3, 0.4) is 0 Å². The summed E-state index contributed by atoms with van der Waals surface area (Å²) in [5, 5.41) is 17.2. The molecule has 1 aliphatic rings. The van der Waals surface area contributed by atoms with Crippen molar-refractivity contribution in [3.8, 4) is 5.69 Å². The van der Waals surface area contributed by atoms with Crippen LogP contribution in [0.15, 0.2) is 55.0 Å². The van der Waals surface area contributed by atoms with Crippen LogP contribution in [-0.2, 0) is 19.6 Å². The molecule has 3 aromatic heterocycles.